The SMILES string of the molecule is CCOCCOc1c(C)cccc1CCN. The Kier molecular flexibility index (Phi) is 5.90. The van der Waals surface area contributed by atoms with Crippen LogP contribution in [0.2, 0.25) is 0 Å². The van der Waals surface area contributed by atoms with Crippen molar-refractivity contribution in [3.05, 3.63) is 29.3 Å². The summed E-state index contributed by atoms with van der Waals surface area (Å²) in [4.78, 5) is 0. The predicted molar refractivity (Wildman–Crippen MR) is 65.9 cm³/mol. The van der Waals surface area contributed by atoms with Crippen LogP contribution in [0.5, 0.6) is 5.75 Å². The molecule has 1 aromatic carbocycles. The molecule has 0 bridgehead atoms. The molecule has 90 valence electrons. The molecule has 0 fully saturated rings. The fraction of sp³-hybridized carbons (Fsp3) is 0.538. The number of rotatable bonds is 7. The zero-order valence-corrected chi connectivity index (χ0v) is 10.2. The van der Waals surface area contributed by atoms with Crippen molar-refractivity contribution >= 4 is 0 Å². The number of hydrogen-bond acceptors (Lipinski definition) is 3. The molecule has 0 heterocycles. The van der Waals surface area contributed by atoms with Crippen molar-refractivity contribution in [3.8, 4) is 5.75 Å². The smallest absolute Gasteiger partial charge is 0.125 e. The minimum atomic E-state index is 0.594. The second kappa shape index (κ2) is 7.25. The van der Waals surface area contributed by atoms with Gasteiger partial charge in [0.15, 0.2) is 0 Å². The Bertz CT molecular complexity index is 313. The van der Waals surface area contributed by atoms with Crippen LogP contribution in [-0.2, 0) is 11.2 Å². The van der Waals surface area contributed by atoms with Crippen molar-refractivity contribution in [2.24, 2.45) is 5.73 Å². The normalized spacial score (nSPS) is 10.4. The van der Waals surface area contributed by atoms with Gasteiger partial charge in [0.2, 0.25) is 0 Å². The van der Waals surface area contributed by atoms with Gasteiger partial charge in [-0.2, -0.15) is 0 Å². The molecular weight excluding hydrogens is 202 g/mol. The van der Waals surface area contributed by atoms with E-state index in [4.69, 9.17) is 15.2 Å². The maximum atomic E-state index is 5.74. The Morgan fingerprint density at radius 1 is 1.25 bits per heavy atom. The van der Waals surface area contributed by atoms with Gasteiger partial charge >= 0.3 is 0 Å². The first kappa shape index (κ1) is 13.0. The van der Waals surface area contributed by atoms with E-state index in [1.54, 1.807) is 0 Å². The Morgan fingerprint density at radius 3 is 2.75 bits per heavy atom. The molecule has 0 radical (unpaired) electrons. The van der Waals surface area contributed by atoms with E-state index >= 15 is 0 Å². The molecule has 0 aliphatic carbocycles. The quantitative estimate of drug-likeness (QED) is 0.718. The molecule has 1 aromatic rings. The largest absolute Gasteiger partial charge is 0.491 e. The molecule has 0 unspecified atom stereocenters. The van der Waals surface area contributed by atoms with E-state index in [9.17, 15) is 0 Å². The molecule has 0 atom stereocenters. The van der Waals surface area contributed by atoms with E-state index in [2.05, 4.69) is 19.1 Å². The van der Waals surface area contributed by atoms with Crippen molar-refractivity contribution in [2.75, 3.05) is 26.4 Å². The summed E-state index contributed by atoms with van der Waals surface area (Å²) < 4.78 is 11.0. The number of benzene rings is 1. The van der Waals surface area contributed by atoms with Crippen LogP contribution in [-0.4, -0.2) is 26.4 Å². The molecule has 3 nitrogen and oxygen atoms in total. The lowest BCUT2D eigenvalue weighted by Gasteiger charge is -2.13. The second-order valence-electron chi connectivity index (χ2n) is 3.65. The van der Waals surface area contributed by atoms with E-state index in [0.29, 0.717) is 19.8 Å². The third-order valence-electron chi connectivity index (χ3n) is 2.39. The van der Waals surface area contributed by atoms with Crippen LogP contribution in [0.15, 0.2) is 18.2 Å². The van der Waals surface area contributed by atoms with Gasteiger partial charge in [0.1, 0.15) is 12.4 Å². The highest BCUT2D eigenvalue weighted by atomic mass is 16.5. The number of hydrogen-bond donors (Lipinski definition) is 1. The lowest BCUT2D eigenvalue weighted by atomic mass is 10.1. The van der Waals surface area contributed by atoms with Gasteiger partial charge in [0.25, 0.3) is 0 Å². The van der Waals surface area contributed by atoms with Crippen LogP contribution in [0.1, 0.15) is 18.1 Å². The van der Waals surface area contributed by atoms with E-state index in [1.165, 1.54) is 5.56 Å². The van der Waals surface area contributed by atoms with Gasteiger partial charge in [-0.05, 0) is 37.9 Å². The first-order chi connectivity index (χ1) is 7.79. The van der Waals surface area contributed by atoms with Crippen LogP contribution >= 0.6 is 0 Å². The zero-order chi connectivity index (χ0) is 11.8. The minimum Gasteiger partial charge on any atom is -0.491 e. The highest BCUT2D eigenvalue weighted by Gasteiger charge is 2.05. The van der Waals surface area contributed by atoms with E-state index < -0.39 is 0 Å². The molecular formula is C13H21NO2. The molecule has 3 heteroatoms. The lowest BCUT2D eigenvalue weighted by Crippen LogP contribution is -2.10. The predicted octanol–water partition coefficient (Wildman–Crippen LogP) is 1.91. The summed E-state index contributed by atoms with van der Waals surface area (Å²) in [6.07, 6.45) is 0.853. The van der Waals surface area contributed by atoms with E-state index in [-0.39, 0.29) is 0 Å². The average molecular weight is 223 g/mol. The van der Waals surface area contributed by atoms with Crippen molar-refractivity contribution in [1.82, 2.24) is 0 Å². The van der Waals surface area contributed by atoms with Crippen LogP contribution in [0.3, 0.4) is 0 Å². The number of aryl methyl sites for hydroxylation is 1. The topological polar surface area (TPSA) is 44.5 Å². The molecule has 2 N–H and O–H groups in total. The standard InChI is InChI=1S/C13H21NO2/c1-3-15-9-10-16-13-11(2)5-4-6-12(13)7-8-14/h4-6H,3,7-10,14H2,1-2H3. The molecule has 0 saturated heterocycles. The van der Waals surface area contributed by atoms with Gasteiger partial charge in [0, 0.05) is 6.61 Å². The summed E-state index contributed by atoms with van der Waals surface area (Å²) in [6, 6.07) is 6.15. The molecule has 0 saturated carbocycles. The Balaban J connectivity index is 2.61. The van der Waals surface area contributed by atoms with Gasteiger partial charge in [-0.3, -0.25) is 0 Å². The molecule has 1 rings (SSSR count). The van der Waals surface area contributed by atoms with Gasteiger partial charge in [-0.25, -0.2) is 0 Å². The third-order valence-corrected chi connectivity index (χ3v) is 2.39. The highest BCUT2D eigenvalue weighted by molar-refractivity contribution is 5.40. The molecule has 16 heavy (non-hydrogen) atoms. The van der Waals surface area contributed by atoms with Crippen LogP contribution in [0.4, 0.5) is 0 Å². The van der Waals surface area contributed by atoms with E-state index in [0.717, 1.165) is 24.3 Å². The average Bonchev–Trinajstić information content (AvgIpc) is 2.28. The molecule has 0 amide bonds. The summed E-state index contributed by atoms with van der Waals surface area (Å²) in [6.45, 7) is 6.63. The number of para-hydroxylation sites is 1. The summed E-state index contributed by atoms with van der Waals surface area (Å²) in [5.41, 5.74) is 7.91. The summed E-state index contributed by atoms with van der Waals surface area (Å²) in [5, 5.41) is 0. The minimum absolute atomic E-state index is 0.594. The van der Waals surface area contributed by atoms with Crippen LogP contribution < -0.4 is 10.5 Å². The Hall–Kier alpha value is -1.06. The lowest BCUT2D eigenvalue weighted by molar-refractivity contribution is 0.109. The summed E-state index contributed by atoms with van der Waals surface area (Å²) in [5.74, 6) is 0.965. The third kappa shape index (κ3) is 3.83. The monoisotopic (exact) mass is 223 g/mol. The molecule has 0 aromatic heterocycles. The van der Waals surface area contributed by atoms with Crippen LogP contribution in [0.25, 0.3) is 0 Å². The van der Waals surface area contributed by atoms with Gasteiger partial charge < -0.3 is 15.2 Å². The summed E-state index contributed by atoms with van der Waals surface area (Å²) in [7, 11) is 0. The van der Waals surface area contributed by atoms with Crippen molar-refractivity contribution in [3.63, 3.8) is 0 Å². The van der Waals surface area contributed by atoms with Gasteiger partial charge in [-0.1, -0.05) is 18.2 Å². The first-order valence-corrected chi connectivity index (χ1v) is 5.78. The second-order valence-corrected chi connectivity index (χ2v) is 3.65. The van der Waals surface area contributed by atoms with E-state index in [1.807, 2.05) is 13.0 Å². The molecule has 0 aliphatic rings. The van der Waals surface area contributed by atoms with Crippen molar-refractivity contribution in [2.45, 2.75) is 20.3 Å². The maximum absolute atomic E-state index is 5.74. The fourth-order valence-electron chi connectivity index (χ4n) is 1.62. The molecule has 0 aliphatic heterocycles. The Labute approximate surface area is 97.6 Å². The Morgan fingerprint density at radius 2 is 2.06 bits per heavy atom. The fourth-order valence-corrected chi connectivity index (χ4v) is 1.62. The van der Waals surface area contributed by atoms with Crippen LogP contribution in [0, 0.1) is 6.92 Å². The van der Waals surface area contributed by atoms with Gasteiger partial charge in [-0.15, -0.1) is 0 Å². The van der Waals surface area contributed by atoms with Crippen molar-refractivity contribution in [1.29, 1.82) is 0 Å². The zero-order valence-electron chi connectivity index (χ0n) is 10.2. The number of ether oxygens (including phenoxy) is 2. The van der Waals surface area contributed by atoms with Crippen molar-refractivity contribution < 1.29 is 9.47 Å². The number of nitrogens with two attached hydrogens (primary N) is 1. The first-order valence-electron chi connectivity index (χ1n) is 5.78. The van der Waals surface area contributed by atoms with Gasteiger partial charge in [0.05, 0.1) is 6.61 Å². The maximum Gasteiger partial charge on any atom is 0.125 e. The molecule has 0 spiro atoms. The highest BCUT2D eigenvalue weighted by Crippen LogP contribution is 2.23. The summed E-state index contributed by atoms with van der Waals surface area (Å²) >= 11 is 0.